The van der Waals surface area contributed by atoms with Crippen LogP contribution in [0.25, 0.3) is 0 Å². The highest BCUT2D eigenvalue weighted by Gasteiger charge is 1.99. The monoisotopic (exact) mass is 318 g/mol. The molecule has 2 aromatic rings. The van der Waals surface area contributed by atoms with Gasteiger partial charge >= 0.3 is 0 Å². The van der Waals surface area contributed by atoms with E-state index in [0.717, 1.165) is 23.3 Å². The minimum absolute atomic E-state index is 0.705. The number of hydrogen-bond acceptors (Lipinski definition) is 2. The average Bonchev–Trinajstić information content (AvgIpc) is 2.39. The Labute approximate surface area is 123 Å². The number of hydrogen-bond donors (Lipinski definition) is 1. The highest BCUT2D eigenvalue weighted by Crippen LogP contribution is 2.13. The number of benzene rings is 1. The standard InChI is InChI=1S/C16H19BrN2/c1-12(2)9-13-3-5-14(6-4-13)10-18-16-8-7-15(17)11-19-16/h3-8,11-12H,9-10H2,1-2H3,(H,18,19). The maximum atomic E-state index is 4.29. The molecule has 0 radical (unpaired) electrons. The summed E-state index contributed by atoms with van der Waals surface area (Å²) in [6, 6.07) is 12.8. The molecule has 0 spiro atoms. The average molecular weight is 319 g/mol. The summed E-state index contributed by atoms with van der Waals surface area (Å²) in [6.45, 7) is 5.29. The summed E-state index contributed by atoms with van der Waals surface area (Å²) in [7, 11) is 0. The molecule has 1 heterocycles. The van der Waals surface area contributed by atoms with Gasteiger partial charge in [-0.1, -0.05) is 38.1 Å². The Hall–Kier alpha value is -1.35. The lowest BCUT2D eigenvalue weighted by Crippen LogP contribution is -2.01. The molecule has 0 aliphatic carbocycles. The molecule has 0 bridgehead atoms. The van der Waals surface area contributed by atoms with E-state index in [-0.39, 0.29) is 0 Å². The lowest BCUT2D eigenvalue weighted by Gasteiger charge is -2.08. The van der Waals surface area contributed by atoms with Gasteiger partial charge in [-0.2, -0.15) is 0 Å². The topological polar surface area (TPSA) is 24.9 Å². The van der Waals surface area contributed by atoms with E-state index in [4.69, 9.17) is 0 Å². The predicted molar refractivity (Wildman–Crippen MR) is 84.2 cm³/mol. The quantitative estimate of drug-likeness (QED) is 0.867. The van der Waals surface area contributed by atoms with Crippen LogP contribution >= 0.6 is 15.9 Å². The molecule has 2 nitrogen and oxygen atoms in total. The minimum Gasteiger partial charge on any atom is -0.366 e. The first kappa shape index (κ1) is 14.1. The van der Waals surface area contributed by atoms with Crippen molar-refractivity contribution in [2.75, 3.05) is 5.32 Å². The smallest absolute Gasteiger partial charge is 0.126 e. The Kier molecular flexibility index (Phi) is 4.97. The van der Waals surface area contributed by atoms with Gasteiger partial charge in [-0.25, -0.2) is 4.98 Å². The Morgan fingerprint density at radius 2 is 1.74 bits per heavy atom. The van der Waals surface area contributed by atoms with Gasteiger partial charge in [-0.05, 0) is 51.5 Å². The van der Waals surface area contributed by atoms with Crippen molar-refractivity contribution in [3.05, 3.63) is 58.2 Å². The molecule has 0 aliphatic heterocycles. The van der Waals surface area contributed by atoms with Crippen molar-refractivity contribution in [3.63, 3.8) is 0 Å². The van der Waals surface area contributed by atoms with Crippen molar-refractivity contribution in [2.45, 2.75) is 26.8 Å². The Balaban J connectivity index is 1.91. The van der Waals surface area contributed by atoms with Gasteiger partial charge in [0.2, 0.25) is 0 Å². The van der Waals surface area contributed by atoms with Gasteiger partial charge in [0.1, 0.15) is 5.82 Å². The fourth-order valence-corrected chi connectivity index (χ4v) is 2.17. The van der Waals surface area contributed by atoms with Crippen LogP contribution in [0.15, 0.2) is 47.1 Å². The molecule has 1 N–H and O–H groups in total. The molecule has 19 heavy (non-hydrogen) atoms. The zero-order chi connectivity index (χ0) is 13.7. The molecular formula is C16H19BrN2. The second-order valence-electron chi connectivity index (χ2n) is 5.13. The first-order valence-corrected chi connectivity index (χ1v) is 7.36. The summed E-state index contributed by atoms with van der Waals surface area (Å²) in [5.41, 5.74) is 2.68. The van der Waals surface area contributed by atoms with E-state index < -0.39 is 0 Å². The fourth-order valence-electron chi connectivity index (χ4n) is 1.94. The van der Waals surface area contributed by atoms with E-state index in [1.165, 1.54) is 11.1 Å². The van der Waals surface area contributed by atoms with E-state index in [0.29, 0.717) is 5.92 Å². The van der Waals surface area contributed by atoms with Crippen molar-refractivity contribution in [3.8, 4) is 0 Å². The van der Waals surface area contributed by atoms with Crippen LogP contribution in [0.2, 0.25) is 0 Å². The van der Waals surface area contributed by atoms with Crippen LogP contribution in [0.4, 0.5) is 5.82 Å². The molecule has 0 aliphatic rings. The fraction of sp³-hybridized carbons (Fsp3) is 0.312. The molecule has 0 amide bonds. The number of pyridine rings is 1. The maximum absolute atomic E-state index is 4.29. The summed E-state index contributed by atoms with van der Waals surface area (Å²) in [6.07, 6.45) is 2.94. The summed E-state index contributed by atoms with van der Waals surface area (Å²) in [5, 5.41) is 3.32. The van der Waals surface area contributed by atoms with Crippen LogP contribution < -0.4 is 5.32 Å². The molecule has 0 fully saturated rings. The predicted octanol–water partition coefficient (Wildman–Crippen LogP) is 4.65. The molecule has 100 valence electrons. The van der Waals surface area contributed by atoms with Gasteiger partial charge < -0.3 is 5.32 Å². The third kappa shape index (κ3) is 4.67. The molecule has 3 heteroatoms. The molecule has 0 atom stereocenters. The van der Waals surface area contributed by atoms with Crippen molar-refractivity contribution >= 4 is 21.7 Å². The third-order valence-electron chi connectivity index (χ3n) is 2.87. The van der Waals surface area contributed by atoms with Crippen LogP contribution in [0.1, 0.15) is 25.0 Å². The second-order valence-corrected chi connectivity index (χ2v) is 6.05. The summed E-state index contributed by atoms with van der Waals surface area (Å²) in [5.74, 6) is 1.60. The highest BCUT2D eigenvalue weighted by atomic mass is 79.9. The lowest BCUT2D eigenvalue weighted by molar-refractivity contribution is 0.647. The molecule has 0 saturated heterocycles. The van der Waals surface area contributed by atoms with Crippen LogP contribution in [-0.2, 0) is 13.0 Å². The number of aromatic nitrogens is 1. The van der Waals surface area contributed by atoms with Crippen molar-refractivity contribution in [1.82, 2.24) is 4.98 Å². The van der Waals surface area contributed by atoms with Gasteiger partial charge in [0.15, 0.2) is 0 Å². The van der Waals surface area contributed by atoms with Crippen LogP contribution in [0.3, 0.4) is 0 Å². The van der Waals surface area contributed by atoms with Gasteiger partial charge in [0, 0.05) is 17.2 Å². The van der Waals surface area contributed by atoms with Crippen LogP contribution in [0, 0.1) is 5.92 Å². The lowest BCUT2D eigenvalue weighted by atomic mass is 10.0. The number of halogens is 1. The molecule has 2 rings (SSSR count). The number of anilines is 1. The van der Waals surface area contributed by atoms with Crippen LogP contribution in [0.5, 0.6) is 0 Å². The second kappa shape index (κ2) is 6.71. The van der Waals surface area contributed by atoms with Crippen LogP contribution in [-0.4, -0.2) is 4.98 Å². The third-order valence-corrected chi connectivity index (χ3v) is 3.34. The first-order chi connectivity index (χ1) is 9.13. The van der Waals surface area contributed by atoms with Gasteiger partial charge in [0.25, 0.3) is 0 Å². The zero-order valence-corrected chi connectivity index (χ0v) is 12.9. The summed E-state index contributed by atoms with van der Waals surface area (Å²) in [4.78, 5) is 4.29. The highest BCUT2D eigenvalue weighted by molar-refractivity contribution is 9.10. The SMILES string of the molecule is CC(C)Cc1ccc(CNc2ccc(Br)cn2)cc1. The zero-order valence-electron chi connectivity index (χ0n) is 11.4. The first-order valence-electron chi connectivity index (χ1n) is 6.57. The number of nitrogens with zero attached hydrogens (tertiary/aromatic N) is 1. The largest absolute Gasteiger partial charge is 0.366 e. The summed E-state index contributed by atoms with van der Waals surface area (Å²) < 4.78 is 0.996. The van der Waals surface area contributed by atoms with Gasteiger partial charge in [-0.15, -0.1) is 0 Å². The van der Waals surface area contributed by atoms with Crippen molar-refractivity contribution in [2.24, 2.45) is 5.92 Å². The van der Waals surface area contributed by atoms with E-state index in [9.17, 15) is 0 Å². The van der Waals surface area contributed by atoms with Crippen molar-refractivity contribution < 1.29 is 0 Å². The van der Waals surface area contributed by atoms with E-state index in [1.807, 2.05) is 12.1 Å². The number of nitrogens with one attached hydrogen (secondary N) is 1. The Morgan fingerprint density at radius 3 is 2.32 bits per heavy atom. The maximum Gasteiger partial charge on any atom is 0.126 e. The van der Waals surface area contributed by atoms with Gasteiger partial charge in [0.05, 0.1) is 0 Å². The normalized spacial score (nSPS) is 10.7. The van der Waals surface area contributed by atoms with Gasteiger partial charge in [-0.3, -0.25) is 0 Å². The van der Waals surface area contributed by atoms with E-state index >= 15 is 0 Å². The molecule has 1 aromatic carbocycles. The molecule has 1 aromatic heterocycles. The Bertz CT molecular complexity index is 503. The molecule has 0 saturated carbocycles. The molecular weight excluding hydrogens is 300 g/mol. The molecule has 0 unspecified atom stereocenters. The van der Waals surface area contributed by atoms with E-state index in [1.54, 1.807) is 6.20 Å². The summed E-state index contributed by atoms with van der Waals surface area (Å²) >= 11 is 3.38. The van der Waals surface area contributed by atoms with E-state index in [2.05, 4.69) is 64.3 Å². The minimum atomic E-state index is 0.705. The van der Waals surface area contributed by atoms with Crippen molar-refractivity contribution in [1.29, 1.82) is 0 Å². The Morgan fingerprint density at radius 1 is 1.05 bits per heavy atom. The number of rotatable bonds is 5.